The highest BCUT2D eigenvalue weighted by molar-refractivity contribution is 7.98. The van der Waals surface area contributed by atoms with Crippen molar-refractivity contribution >= 4 is 45.2 Å². The summed E-state index contributed by atoms with van der Waals surface area (Å²) in [5.41, 5.74) is 1.09. The molecule has 3 rings (SSSR count). The van der Waals surface area contributed by atoms with Gasteiger partial charge in [0.2, 0.25) is 0 Å². The summed E-state index contributed by atoms with van der Waals surface area (Å²) in [6, 6.07) is 10.9. The second kappa shape index (κ2) is 9.82. The number of carbonyl (C=O) groups excluding carboxylic acids is 2. The minimum atomic E-state index is -0.486. The number of hydrogen-bond donors (Lipinski definition) is 0. The number of fused-ring (bicyclic) bond motifs is 1. The highest BCUT2D eigenvalue weighted by Crippen LogP contribution is 2.26. The Kier molecular flexibility index (Phi) is 7.17. The Morgan fingerprint density at radius 2 is 1.93 bits per heavy atom. The summed E-state index contributed by atoms with van der Waals surface area (Å²) in [6.45, 7) is 2.00. The fourth-order valence-electron chi connectivity index (χ4n) is 2.88. The van der Waals surface area contributed by atoms with E-state index < -0.39 is 5.91 Å². The number of thioether (sulfide) groups is 1. The van der Waals surface area contributed by atoms with Gasteiger partial charge in [0.1, 0.15) is 18.0 Å². The molecular weight excluding hydrogens is 424 g/mol. The lowest BCUT2D eigenvalue weighted by atomic mass is 10.2. The molecule has 0 aliphatic carbocycles. The number of benzene rings is 2. The molecule has 0 unspecified atom stereocenters. The molecule has 1 amide bonds. The lowest BCUT2D eigenvalue weighted by molar-refractivity contribution is -0.143. The number of aromatic nitrogens is 1. The molecule has 1 aromatic heterocycles. The summed E-state index contributed by atoms with van der Waals surface area (Å²) in [4.78, 5) is 31.0. The topological polar surface area (TPSA) is 79.1 Å². The molecule has 0 N–H and O–H groups in total. The van der Waals surface area contributed by atoms with Crippen LogP contribution in [0.1, 0.15) is 17.3 Å². The standard InChI is InChI=1S/C21H22N2O5S2/c1-5-28-19(24)12-23-16-8-7-14(29-4)11-18(16)30-21(23)22-20(25)15-10-13(26-2)6-9-17(15)27-3/h6-11H,5,12H2,1-4H3. The smallest absolute Gasteiger partial charge is 0.326 e. The fraction of sp³-hybridized carbons (Fsp3) is 0.286. The molecule has 30 heavy (non-hydrogen) atoms. The van der Waals surface area contributed by atoms with Crippen LogP contribution in [0.15, 0.2) is 46.3 Å². The van der Waals surface area contributed by atoms with Crippen LogP contribution in [0.25, 0.3) is 10.2 Å². The quantitative estimate of drug-likeness (QED) is 0.406. The van der Waals surface area contributed by atoms with E-state index in [1.165, 1.54) is 25.6 Å². The normalized spacial score (nSPS) is 11.5. The van der Waals surface area contributed by atoms with Crippen LogP contribution >= 0.6 is 23.1 Å². The Morgan fingerprint density at radius 3 is 2.60 bits per heavy atom. The zero-order valence-electron chi connectivity index (χ0n) is 17.1. The van der Waals surface area contributed by atoms with Crippen LogP contribution in [0.2, 0.25) is 0 Å². The second-order valence-electron chi connectivity index (χ2n) is 6.09. The van der Waals surface area contributed by atoms with Gasteiger partial charge in [-0.05, 0) is 49.6 Å². The monoisotopic (exact) mass is 446 g/mol. The third-order valence-corrected chi connectivity index (χ3v) is 6.08. The van der Waals surface area contributed by atoms with E-state index in [4.69, 9.17) is 14.2 Å². The zero-order valence-corrected chi connectivity index (χ0v) is 18.8. The summed E-state index contributed by atoms with van der Waals surface area (Å²) in [7, 11) is 3.01. The minimum Gasteiger partial charge on any atom is -0.497 e. The summed E-state index contributed by atoms with van der Waals surface area (Å²) < 4.78 is 18.2. The molecule has 2 aromatic carbocycles. The predicted molar refractivity (Wildman–Crippen MR) is 118 cm³/mol. The van der Waals surface area contributed by atoms with Crippen LogP contribution in [0, 0.1) is 0 Å². The summed E-state index contributed by atoms with van der Waals surface area (Å²) in [5.74, 6) is 0.0426. The van der Waals surface area contributed by atoms with E-state index in [2.05, 4.69) is 4.99 Å². The first-order chi connectivity index (χ1) is 14.5. The minimum absolute atomic E-state index is 0.0339. The van der Waals surface area contributed by atoms with Gasteiger partial charge in [-0.1, -0.05) is 11.3 Å². The van der Waals surface area contributed by atoms with Gasteiger partial charge in [-0.15, -0.1) is 11.8 Å². The Morgan fingerprint density at radius 1 is 1.13 bits per heavy atom. The molecule has 158 valence electrons. The Balaban J connectivity index is 2.14. The predicted octanol–water partition coefficient (Wildman–Crippen LogP) is 3.75. The second-order valence-corrected chi connectivity index (χ2v) is 7.98. The number of nitrogens with zero attached hydrogens (tertiary/aromatic N) is 2. The molecule has 3 aromatic rings. The molecule has 0 saturated carbocycles. The molecule has 0 spiro atoms. The number of rotatable bonds is 7. The van der Waals surface area contributed by atoms with Gasteiger partial charge in [0.15, 0.2) is 4.80 Å². The number of carbonyl (C=O) groups is 2. The van der Waals surface area contributed by atoms with Crippen molar-refractivity contribution in [3.63, 3.8) is 0 Å². The van der Waals surface area contributed by atoms with E-state index in [-0.39, 0.29) is 24.7 Å². The molecule has 0 saturated heterocycles. The van der Waals surface area contributed by atoms with Crippen molar-refractivity contribution < 1.29 is 23.8 Å². The number of methoxy groups -OCH3 is 2. The largest absolute Gasteiger partial charge is 0.497 e. The van der Waals surface area contributed by atoms with Gasteiger partial charge >= 0.3 is 5.97 Å². The van der Waals surface area contributed by atoms with E-state index in [1.54, 1.807) is 41.5 Å². The van der Waals surface area contributed by atoms with Crippen LogP contribution < -0.4 is 14.3 Å². The van der Waals surface area contributed by atoms with E-state index in [0.717, 1.165) is 15.1 Å². The van der Waals surface area contributed by atoms with Crippen molar-refractivity contribution in [2.75, 3.05) is 27.1 Å². The van der Waals surface area contributed by atoms with Crippen LogP contribution in [0.3, 0.4) is 0 Å². The van der Waals surface area contributed by atoms with Crippen molar-refractivity contribution in [1.29, 1.82) is 0 Å². The number of ether oxygens (including phenoxy) is 3. The van der Waals surface area contributed by atoms with Crippen molar-refractivity contribution in [2.45, 2.75) is 18.4 Å². The molecule has 9 heteroatoms. The Bertz CT molecular complexity index is 1150. The Labute approximate surface area is 182 Å². The summed E-state index contributed by atoms with van der Waals surface area (Å²) in [6.07, 6.45) is 1.99. The maximum Gasteiger partial charge on any atom is 0.326 e. The van der Waals surface area contributed by atoms with E-state index in [0.29, 0.717) is 16.3 Å². The summed E-state index contributed by atoms with van der Waals surface area (Å²) in [5, 5.41) is 0. The molecule has 0 aliphatic rings. The molecule has 0 bridgehead atoms. The van der Waals surface area contributed by atoms with Crippen molar-refractivity contribution in [3.8, 4) is 11.5 Å². The number of thiazole rings is 1. The molecule has 0 aliphatic heterocycles. The highest BCUT2D eigenvalue weighted by Gasteiger charge is 2.16. The van der Waals surface area contributed by atoms with E-state index in [9.17, 15) is 9.59 Å². The first-order valence-corrected chi connectivity index (χ1v) is 11.2. The van der Waals surface area contributed by atoms with Crippen LogP contribution in [0.5, 0.6) is 11.5 Å². The average Bonchev–Trinajstić information content (AvgIpc) is 3.09. The van der Waals surface area contributed by atoms with Gasteiger partial charge in [-0.2, -0.15) is 4.99 Å². The fourth-order valence-corrected chi connectivity index (χ4v) is 4.46. The molecule has 7 nitrogen and oxygen atoms in total. The number of esters is 1. The SMILES string of the molecule is CCOC(=O)Cn1c(=NC(=O)c2cc(OC)ccc2OC)sc2cc(SC)ccc21. The van der Waals surface area contributed by atoms with Crippen molar-refractivity contribution in [1.82, 2.24) is 4.57 Å². The van der Waals surface area contributed by atoms with Gasteiger partial charge < -0.3 is 18.8 Å². The van der Waals surface area contributed by atoms with Crippen LogP contribution in [-0.4, -0.2) is 43.5 Å². The highest BCUT2D eigenvalue weighted by atomic mass is 32.2. The first kappa shape index (κ1) is 21.9. The van der Waals surface area contributed by atoms with Crippen LogP contribution in [-0.2, 0) is 16.1 Å². The van der Waals surface area contributed by atoms with E-state index >= 15 is 0 Å². The molecule has 1 heterocycles. The third kappa shape index (κ3) is 4.68. The van der Waals surface area contributed by atoms with E-state index in [1.807, 2.05) is 24.5 Å². The number of amides is 1. The third-order valence-electron chi connectivity index (χ3n) is 4.32. The van der Waals surface area contributed by atoms with Crippen molar-refractivity contribution in [2.24, 2.45) is 4.99 Å². The van der Waals surface area contributed by atoms with Crippen molar-refractivity contribution in [3.05, 3.63) is 46.8 Å². The van der Waals surface area contributed by atoms with Gasteiger partial charge in [0, 0.05) is 4.90 Å². The van der Waals surface area contributed by atoms with Gasteiger partial charge in [-0.25, -0.2) is 0 Å². The molecular formula is C21H22N2O5S2. The lowest BCUT2D eigenvalue weighted by Crippen LogP contribution is -2.23. The summed E-state index contributed by atoms with van der Waals surface area (Å²) >= 11 is 2.96. The molecule has 0 radical (unpaired) electrons. The van der Waals surface area contributed by atoms with Gasteiger partial charge in [-0.3, -0.25) is 9.59 Å². The van der Waals surface area contributed by atoms with Crippen LogP contribution in [0.4, 0.5) is 0 Å². The average molecular weight is 447 g/mol. The van der Waals surface area contributed by atoms with Gasteiger partial charge in [0.05, 0.1) is 36.6 Å². The Hall–Kier alpha value is -2.78. The number of hydrogen-bond acceptors (Lipinski definition) is 7. The lowest BCUT2D eigenvalue weighted by Gasteiger charge is -2.08. The maximum atomic E-state index is 13.0. The molecule has 0 atom stereocenters. The zero-order chi connectivity index (χ0) is 21.7. The molecule has 0 fully saturated rings. The maximum absolute atomic E-state index is 13.0. The first-order valence-electron chi connectivity index (χ1n) is 9.14. The van der Waals surface area contributed by atoms with Gasteiger partial charge in [0.25, 0.3) is 5.91 Å².